The topological polar surface area (TPSA) is 81.3 Å². The predicted molar refractivity (Wildman–Crippen MR) is 111 cm³/mol. The van der Waals surface area contributed by atoms with Gasteiger partial charge in [0.05, 0.1) is 22.7 Å². The smallest absolute Gasteiger partial charge is 0.367 e. The maximum atomic E-state index is 13.3. The van der Waals surface area contributed by atoms with Crippen LogP contribution in [0.1, 0.15) is 21.9 Å². The number of hydrogen-bond donors (Lipinski definition) is 2. The highest BCUT2D eigenvalue weighted by molar-refractivity contribution is 7.97. The normalized spacial score (nSPS) is 15.3. The standard InChI is InChI=1S/C19H22F3N5O2S/c1-26-5-7-27(8-6-26)15-4-3-12(19(20,21)22)9-13(15)24-18(29)14-10-17(28)25-16(23-14)11-30-2/h3-4,9-10H,5-8,11H2,1-2H3,(H,24,29)(H,23,25,28). The number of likely N-dealkylation sites (N-methyl/N-ethyl adjacent to an activating group) is 1. The SMILES string of the molecule is CSCc1nc(C(=O)Nc2cc(C(F)(F)F)ccc2N2CCN(C)CC2)cc(=O)[nH]1. The first-order chi connectivity index (χ1) is 14.2. The van der Waals surface area contributed by atoms with E-state index in [0.29, 0.717) is 30.4 Å². The zero-order valence-electron chi connectivity index (χ0n) is 16.5. The lowest BCUT2D eigenvalue weighted by atomic mass is 10.1. The molecule has 162 valence electrons. The van der Waals surface area contributed by atoms with Gasteiger partial charge in [0.15, 0.2) is 0 Å². The third-order valence-corrected chi connectivity index (χ3v) is 5.28. The summed E-state index contributed by atoms with van der Waals surface area (Å²) in [6.07, 6.45) is -2.73. The van der Waals surface area contributed by atoms with Crippen LogP contribution in [0.5, 0.6) is 0 Å². The molecule has 0 bridgehead atoms. The monoisotopic (exact) mass is 441 g/mol. The van der Waals surface area contributed by atoms with Gasteiger partial charge in [0.2, 0.25) is 0 Å². The number of H-pyrrole nitrogens is 1. The number of aromatic amines is 1. The first-order valence-corrected chi connectivity index (χ1v) is 10.6. The van der Waals surface area contributed by atoms with Gasteiger partial charge in [-0.15, -0.1) is 0 Å². The number of amides is 1. The summed E-state index contributed by atoms with van der Waals surface area (Å²) in [5.74, 6) is -0.0198. The third-order valence-electron chi connectivity index (χ3n) is 4.72. The molecule has 1 aliphatic rings. The van der Waals surface area contributed by atoms with Gasteiger partial charge in [0.1, 0.15) is 11.5 Å². The van der Waals surface area contributed by atoms with E-state index in [4.69, 9.17) is 0 Å². The second-order valence-corrected chi connectivity index (χ2v) is 7.85. The summed E-state index contributed by atoms with van der Waals surface area (Å²) < 4.78 is 39.8. The minimum atomic E-state index is -4.55. The van der Waals surface area contributed by atoms with Crippen molar-refractivity contribution in [2.75, 3.05) is 49.7 Å². The molecule has 1 aliphatic heterocycles. The number of alkyl halides is 3. The Morgan fingerprint density at radius 3 is 2.57 bits per heavy atom. The van der Waals surface area contributed by atoms with Crippen molar-refractivity contribution in [1.29, 1.82) is 0 Å². The summed E-state index contributed by atoms with van der Waals surface area (Å²) in [6, 6.07) is 4.32. The largest absolute Gasteiger partial charge is 0.416 e. The van der Waals surface area contributed by atoms with E-state index >= 15 is 0 Å². The van der Waals surface area contributed by atoms with Gasteiger partial charge in [-0.25, -0.2) is 4.98 Å². The fourth-order valence-corrected chi connectivity index (χ4v) is 3.56. The maximum Gasteiger partial charge on any atom is 0.416 e. The molecule has 11 heteroatoms. The van der Waals surface area contributed by atoms with Crippen LogP contribution in [0.4, 0.5) is 24.5 Å². The van der Waals surface area contributed by atoms with E-state index in [9.17, 15) is 22.8 Å². The van der Waals surface area contributed by atoms with Gasteiger partial charge in [0, 0.05) is 32.2 Å². The van der Waals surface area contributed by atoms with E-state index in [1.165, 1.54) is 17.8 Å². The molecule has 1 saturated heterocycles. The van der Waals surface area contributed by atoms with Gasteiger partial charge in [-0.1, -0.05) is 0 Å². The molecule has 7 nitrogen and oxygen atoms in total. The van der Waals surface area contributed by atoms with Crippen LogP contribution < -0.4 is 15.8 Å². The zero-order valence-corrected chi connectivity index (χ0v) is 17.4. The number of halogens is 3. The molecule has 1 aromatic carbocycles. The number of thioether (sulfide) groups is 1. The highest BCUT2D eigenvalue weighted by atomic mass is 32.2. The van der Waals surface area contributed by atoms with Crippen LogP contribution in [-0.2, 0) is 11.9 Å². The molecule has 3 rings (SSSR count). The Bertz CT molecular complexity index is 971. The Labute approximate surface area is 175 Å². The Morgan fingerprint density at radius 2 is 1.93 bits per heavy atom. The molecular formula is C19H22F3N5O2S. The number of nitrogens with zero attached hydrogens (tertiary/aromatic N) is 3. The molecule has 2 N–H and O–H groups in total. The Hall–Kier alpha value is -2.53. The van der Waals surface area contributed by atoms with E-state index in [1.807, 2.05) is 18.2 Å². The number of aromatic nitrogens is 2. The summed E-state index contributed by atoms with van der Waals surface area (Å²) >= 11 is 1.41. The number of benzene rings is 1. The first kappa shape index (κ1) is 22.2. The Balaban J connectivity index is 1.94. The molecule has 0 saturated carbocycles. The summed E-state index contributed by atoms with van der Waals surface area (Å²) in [4.78, 5) is 35.3. The number of rotatable bonds is 5. The van der Waals surface area contributed by atoms with Crippen molar-refractivity contribution in [2.45, 2.75) is 11.9 Å². The van der Waals surface area contributed by atoms with Crippen molar-refractivity contribution in [3.8, 4) is 0 Å². The number of carbonyl (C=O) groups is 1. The van der Waals surface area contributed by atoms with Crippen LogP contribution >= 0.6 is 11.8 Å². The molecule has 0 unspecified atom stereocenters. The van der Waals surface area contributed by atoms with Crippen molar-refractivity contribution in [3.63, 3.8) is 0 Å². The minimum absolute atomic E-state index is 0.0351. The molecular weight excluding hydrogens is 419 g/mol. The van der Waals surface area contributed by atoms with Gasteiger partial charge in [-0.2, -0.15) is 24.9 Å². The quantitative estimate of drug-likeness (QED) is 0.743. The van der Waals surface area contributed by atoms with Crippen molar-refractivity contribution in [1.82, 2.24) is 14.9 Å². The number of piperazine rings is 1. The lowest BCUT2D eigenvalue weighted by Gasteiger charge is -2.35. The van der Waals surface area contributed by atoms with E-state index in [-0.39, 0.29) is 11.4 Å². The second kappa shape index (κ2) is 9.09. The molecule has 1 fully saturated rings. The minimum Gasteiger partial charge on any atom is -0.367 e. The van der Waals surface area contributed by atoms with E-state index < -0.39 is 23.2 Å². The number of hydrogen-bond acceptors (Lipinski definition) is 6. The molecule has 1 aromatic heterocycles. The van der Waals surface area contributed by atoms with E-state index in [0.717, 1.165) is 31.3 Å². The number of nitrogens with one attached hydrogen (secondary N) is 2. The van der Waals surface area contributed by atoms with Crippen molar-refractivity contribution >= 4 is 29.0 Å². The van der Waals surface area contributed by atoms with E-state index in [1.54, 1.807) is 0 Å². The average molecular weight is 441 g/mol. The second-order valence-electron chi connectivity index (χ2n) is 6.98. The summed E-state index contributed by atoms with van der Waals surface area (Å²) in [6.45, 7) is 2.74. The highest BCUT2D eigenvalue weighted by Gasteiger charge is 2.32. The fourth-order valence-electron chi connectivity index (χ4n) is 3.15. The Kier molecular flexibility index (Phi) is 6.71. The molecule has 1 amide bonds. The summed E-state index contributed by atoms with van der Waals surface area (Å²) in [7, 11) is 1.97. The molecule has 0 spiro atoms. The molecule has 0 radical (unpaired) electrons. The lowest BCUT2D eigenvalue weighted by molar-refractivity contribution is -0.137. The molecule has 2 aromatic rings. The highest BCUT2D eigenvalue weighted by Crippen LogP contribution is 2.36. The van der Waals surface area contributed by atoms with Gasteiger partial charge < -0.3 is 20.1 Å². The van der Waals surface area contributed by atoms with Crippen LogP contribution in [0.3, 0.4) is 0 Å². The lowest BCUT2D eigenvalue weighted by Crippen LogP contribution is -2.44. The van der Waals surface area contributed by atoms with Gasteiger partial charge in [-0.05, 0) is 31.5 Å². The average Bonchev–Trinajstić information content (AvgIpc) is 2.68. The maximum absolute atomic E-state index is 13.3. The van der Waals surface area contributed by atoms with Crippen molar-refractivity contribution < 1.29 is 18.0 Å². The summed E-state index contributed by atoms with van der Waals surface area (Å²) in [5, 5.41) is 2.53. The zero-order chi connectivity index (χ0) is 21.9. The molecule has 0 atom stereocenters. The van der Waals surface area contributed by atoms with Crippen LogP contribution in [0.2, 0.25) is 0 Å². The van der Waals surface area contributed by atoms with Crippen LogP contribution in [0, 0.1) is 0 Å². The Morgan fingerprint density at radius 1 is 1.23 bits per heavy atom. The predicted octanol–water partition coefficient (Wildman–Crippen LogP) is 2.66. The molecule has 30 heavy (non-hydrogen) atoms. The van der Waals surface area contributed by atoms with Crippen LogP contribution in [0.15, 0.2) is 29.1 Å². The molecule has 2 heterocycles. The van der Waals surface area contributed by atoms with Crippen LogP contribution in [-0.4, -0.2) is 60.3 Å². The van der Waals surface area contributed by atoms with Crippen LogP contribution in [0.25, 0.3) is 0 Å². The first-order valence-electron chi connectivity index (χ1n) is 9.22. The van der Waals surface area contributed by atoms with Crippen molar-refractivity contribution in [2.24, 2.45) is 0 Å². The third kappa shape index (κ3) is 5.33. The number of anilines is 2. The van der Waals surface area contributed by atoms with Crippen molar-refractivity contribution in [3.05, 3.63) is 51.7 Å². The molecule has 0 aliphatic carbocycles. The van der Waals surface area contributed by atoms with Gasteiger partial charge in [0.25, 0.3) is 11.5 Å². The van der Waals surface area contributed by atoms with Gasteiger partial charge >= 0.3 is 6.18 Å². The number of carbonyl (C=O) groups excluding carboxylic acids is 1. The summed E-state index contributed by atoms with van der Waals surface area (Å²) in [5.41, 5.74) is -0.976. The van der Waals surface area contributed by atoms with Gasteiger partial charge in [-0.3, -0.25) is 9.59 Å². The fraction of sp³-hybridized carbons (Fsp3) is 0.421. The van der Waals surface area contributed by atoms with E-state index in [2.05, 4.69) is 20.2 Å².